The van der Waals surface area contributed by atoms with Gasteiger partial charge in [0.05, 0.1) is 31.9 Å². The predicted molar refractivity (Wildman–Crippen MR) is 135 cm³/mol. The SMILES string of the molecule is CCCS(=O)(=O)NCCN(c1ccc(C(=N)N)cc1)c1ccc(OC)c(OC)c1NS(C)(=O)=O. The third kappa shape index (κ3) is 7.23. The quantitative estimate of drug-likeness (QED) is 0.233. The molecule has 0 amide bonds. The van der Waals surface area contributed by atoms with Crippen LogP contribution >= 0.6 is 0 Å². The van der Waals surface area contributed by atoms with Crippen LogP contribution in [0.25, 0.3) is 0 Å². The Hall–Kier alpha value is -3.03. The van der Waals surface area contributed by atoms with Gasteiger partial charge < -0.3 is 20.1 Å². The Bertz CT molecular complexity index is 1210. The van der Waals surface area contributed by atoms with Crippen LogP contribution in [-0.2, 0) is 20.0 Å². The van der Waals surface area contributed by atoms with E-state index in [1.54, 1.807) is 48.2 Å². The van der Waals surface area contributed by atoms with E-state index in [1.165, 1.54) is 14.2 Å². The molecule has 0 saturated heterocycles. The van der Waals surface area contributed by atoms with Gasteiger partial charge in [-0.05, 0) is 42.8 Å². The molecule has 34 heavy (non-hydrogen) atoms. The normalized spacial score (nSPS) is 11.6. The van der Waals surface area contributed by atoms with Crippen molar-refractivity contribution in [3.05, 3.63) is 42.0 Å². The van der Waals surface area contributed by atoms with Gasteiger partial charge in [0.1, 0.15) is 11.5 Å². The van der Waals surface area contributed by atoms with E-state index in [-0.39, 0.29) is 36.1 Å². The fourth-order valence-corrected chi connectivity index (χ4v) is 4.94. The summed E-state index contributed by atoms with van der Waals surface area (Å²) in [4.78, 5) is 1.73. The number of methoxy groups -OCH3 is 2. The Morgan fingerprint density at radius 3 is 2.21 bits per heavy atom. The Morgan fingerprint density at radius 2 is 1.71 bits per heavy atom. The van der Waals surface area contributed by atoms with E-state index in [9.17, 15) is 16.8 Å². The summed E-state index contributed by atoms with van der Waals surface area (Å²) in [6, 6.07) is 9.98. The number of nitrogen functional groups attached to an aromatic ring is 1. The van der Waals surface area contributed by atoms with Crippen LogP contribution in [0.1, 0.15) is 18.9 Å². The summed E-state index contributed by atoms with van der Waals surface area (Å²) in [6.45, 7) is 1.99. The summed E-state index contributed by atoms with van der Waals surface area (Å²) in [5, 5.41) is 7.61. The molecule has 0 aromatic heterocycles. The van der Waals surface area contributed by atoms with Crippen molar-refractivity contribution < 1.29 is 26.3 Å². The Kier molecular flexibility index (Phi) is 9.13. The molecule has 0 aliphatic heterocycles. The first kappa shape index (κ1) is 27.2. The van der Waals surface area contributed by atoms with Crippen LogP contribution in [0.2, 0.25) is 0 Å². The number of ether oxygens (including phenoxy) is 2. The van der Waals surface area contributed by atoms with Crippen LogP contribution < -0.4 is 29.6 Å². The van der Waals surface area contributed by atoms with Crippen molar-refractivity contribution in [3.8, 4) is 11.5 Å². The van der Waals surface area contributed by atoms with Crippen molar-refractivity contribution in [1.29, 1.82) is 5.41 Å². The summed E-state index contributed by atoms with van der Waals surface area (Å²) in [6.07, 6.45) is 1.49. The summed E-state index contributed by atoms with van der Waals surface area (Å²) in [5.41, 5.74) is 7.23. The fourth-order valence-electron chi connectivity index (χ4n) is 3.29. The van der Waals surface area contributed by atoms with E-state index in [4.69, 9.17) is 20.6 Å². The molecule has 0 spiro atoms. The van der Waals surface area contributed by atoms with Crippen molar-refractivity contribution in [1.82, 2.24) is 4.72 Å². The second kappa shape index (κ2) is 11.4. The fraction of sp³-hybridized carbons (Fsp3) is 0.381. The highest BCUT2D eigenvalue weighted by Crippen LogP contribution is 2.44. The van der Waals surface area contributed by atoms with Crippen molar-refractivity contribution >= 4 is 42.9 Å². The van der Waals surface area contributed by atoms with Gasteiger partial charge in [-0.15, -0.1) is 0 Å². The summed E-state index contributed by atoms with van der Waals surface area (Å²) < 4.78 is 64.4. The lowest BCUT2D eigenvalue weighted by molar-refractivity contribution is 0.356. The zero-order valence-electron chi connectivity index (χ0n) is 19.6. The highest BCUT2D eigenvalue weighted by atomic mass is 32.2. The van der Waals surface area contributed by atoms with Crippen LogP contribution in [0.5, 0.6) is 11.5 Å². The molecule has 0 aliphatic carbocycles. The molecule has 0 unspecified atom stereocenters. The van der Waals surface area contributed by atoms with Gasteiger partial charge >= 0.3 is 0 Å². The van der Waals surface area contributed by atoms with Crippen molar-refractivity contribution in [2.45, 2.75) is 13.3 Å². The van der Waals surface area contributed by atoms with E-state index in [0.29, 0.717) is 29.1 Å². The number of hydrogen-bond donors (Lipinski definition) is 4. The molecular formula is C21H31N5O6S2. The first-order valence-electron chi connectivity index (χ1n) is 10.3. The molecule has 11 nitrogen and oxygen atoms in total. The molecule has 2 rings (SSSR count). The second-order valence-electron chi connectivity index (χ2n) is 7.39. The predicted octanol–water partition coefficient (Wildman–Crippen LogP) is 1.83. The van der Waals surface area contributed by atoms with Crippen LogP contribution in [0, 0.1) is 5.41 Å². The average molecular weight is 514 g/mol. The number of rotatable bonds is 13. The zero-order chi connectivity index (χ0) is 25.5. The van der Waals surface area contributed by atoms with Gasteiger partial charge in [-0.25, -0.2) is 21.6 Å². The maximum Gasteiger partial charge on any atom is 0.230 e. The van der Waals surface area contributed by atoms with Crippen molar-refractivity contribution in [2.75, 3.05) is 48.9 Å². The van der Waals surface area contributed by atoms with E-state index in [1.807, 2.05) is 0 Å². The lowest BCUT2D eigenvalue weighted by Gasteiger charge is -2.29. The minimum atomic E-state index is -3.71. The largest absolute Gasteiger partial charge is 0.493 e. The summed E-state index contributed by atoms with van der Waals surface area (Å²) >= 11 is 0. The maximum atomic E-state index is 12.2. The molecule has 188 valence electrons. The minimum absolute atomic E-state index is 0.00243. The molecule has 0 aliphatic rings. The van der Waals surface area contributed by atoms with Gasteiger partial charge in [0, 0.05) is 24.3 Å². The number of sulfonamides is 2. The number of benzene rings is 2. The minimum Gasteiger partial charge on any atom is -0.493 e. The molecule has 0 heterocycles. The monoisotopic (exact) mass is 513 g/mol. The molecule has 0 fully saturated rings. The van der Waals surface area contributed by atoms with Gasteiger partial charge in [0.25, 0.3) is 0 Å². The first-order valence-corrected chi connectivity index (χ1v) is 13.9. The standard InChI is InChI=1S/C21H31N5O6S2/c1-5-14-34(29,30)24-12-13-26(16-8-6-15(7-9-16)21(22)23)17-10-11-18(31-2)20(32-3)19(17)25-33(4,27)28/h6-11,24-25H,5,12-14H2,1-4H3,(H3,22,23). The van der Waals surface area contributed by atoms with Gasteiger partial charge in [0.15, 0.2) is 11.5 Å². The lowest BCUT2D eigenvalue weighted by atomic mass is 10.1. The Morgan fingerprint density at radius 1 is 1.06 bits per heavy atom. The molecule has 5 N–H and O–H groups in total. The van der Waals surface area contributed by atoms with Crippen molar-refractivity contribution in [3.63, 3.8) is 0 Å². The number of nitrogens with one attached hydrogen (secondary N) is 3. The first-order chi connectivity index (χ1) is 15.9. The van der Waals surface area contributed by atoms with E-state index >= 15 is 0 Å². The molecule has 0 saturated carbocycles. The number of amidine groups is 1. The van der Waals surface area contributed by atoms with Crippen LogP contribution in [0.3, 0.4) is 0 Å². The van der Waals surface area contributed by atoms with Crippen LogP contribution in [0.15, 0.2) is 36.4 Å². The molecule has 0 radical (unpaired) electrons. The Labute approximate surface area is 200 Å². The van der Waals surface area contributed by atoms with Gasteiger partial charge in [-0.1, -0.05) is 6.92 Å². The molecule has 2 aromatic carbocycles. The lowest BCUT2D eigenvalue weighted by Crippen LogP contribution is -2.34. The number of hydrogen-bond acceptors (Lipinski definition) is 8. The molecule has 13 heteroatoms. The second-order valence-corrected chi connectivity index (χ2v) is 11.1. The summed E-state index contributed by atoms with van der Waals surface area (Å²) in [5.74, 6) is 0.378. The highest BCUT2D eigenvalue weighted by Gasteiger charge is 2.23. The number of nitrogens with two attached hydrogens (primary N) is 1. The third-order valence-electron chi connectivity index (χ3n) is 4.72. The smallest absolute Gasteiger partial charge is 0.230 e. The topological polar surface area (TPSA) is 164 Å². The Balaban J connectivity index is 2.61. The van der Waals surface area contributed by atoms with Crippen molar-refractivity contribution in [2.24, 2.45) is 5.73 Å². The van der Waals surface area contributed by atoms with Gasteiger partial charge in [-0.2, -0.15) is 0 Å². The van der Waals surface area contributed by atoms with Gasteiger partial charge in [-0.3, -0.25) is 10.1 Å². The zero-order valence-corrected chi connectivity index (χ0v) is 21.2. The number of nitrogens with zero attached hydrogens (tertiary/aromatic N) is 1. The van der Waals surface area contributed by atoms with E-state index in [2.05, 4.69) is 9.44 Å². The third-order valence-corrected chi connectivity index (χ3v) is 6.89. The molecule has 0 atom stereocenters. The number of anilines is 3. The molecule has 0 bridgehead atoms. The molecule has 2 aromatic rings. The maximum absolute atomic E-state index is 12.2. The van der Waals surface area contributed by atoms with Crippen LogP contribution in [-0.4, -0.2) is 62.0 Å². The highest BCUT2D eigenvalue weighted by molar-refractivity contribution is 7.92. The average Bonchev–Trinajstić information content (AvgIpc) is 2.75. The van der Waals surface area contributed by atoms with E-state index < -0.39 is 20.0 Å². The van der Waals surface area contributed by atoms with E-state index in [0.717, 1.165) is 6.26 Å². The van der Waals surface area contributed by atoms with Gasteiger partial charge in [0.2, 0.25) is 20.0 Å². The molecular weight excluding hydrogens is 482 g/mol. The van der Waals surface area contributed by atoms with Crippen LogP contribution in [0.4, 0.5) is 17.1 Å². The summed E-state index contributed by atoms with van der Waals surface area (Å²) in [7, 11) is -4.34.